The number of nitrogens with one attached hydrogen (secondary N) is 2. The third-order valence-corrected chi connectivity index (χ3v) is 4.99. The average molecular weight is 376 g/mol. The molecule has 8 heteroatoms. The Hall–Kier alpha value is -2.74. The summed E-state index contributed by atoms with van der Waals surface area (Å²) in [5.74, 6) is -1.46. The highest BCUT2D eigenvalue weighted by Crippen LogP contribution is 2.26. The van der Waals surface area contributed by atoms with E-state index < -0.39 is 21.6 Å². The van der Waals surface area contributed by atoms with Gasteiger partial charge in [0.1, 0.15) is 15.7 Å². The van der Waals surface area contributed by atoms with Crippen LogP contribution in [0.3, 0.4) is 0 Å². The van der Waals surface area contributed by atoms with Crippen molar-refractivity contribution in [2.24, 2.45) is 0 Å². The molecule has 0 unspecified atom stereocenters. The van der Waals surface area contributed by atoms with Crippen molar-refractivity contribution >= 4 is 21.7 Å². The summed E-state index contributed by atoms with van der Waals surface area (Å²) in [6.45, 7) is 0.367. The summed E-state index contributed by atoms with van der Waals surface area (Å²) in [4.78, 5) is 23.8. The molecule has 0 aromatic heterocycles. The maximum atomic E-state index is 14.0. The van der Waals surface area contributed by atoms with Crippen LogP contribution in [0.1, 0.15) is 26.3 Å². The number of carbonyl (C=O) groups is 2. The highest BCUT2D eigenvalue weighted by Gasteiger charge is 2.19. The van der Waals surface area contributed by atoms with E-state index in [1.807, 2.05) is 0 Å². The minimum absolute atomic E-state index is 0.0455. The Labute approximate surface area is 150 Å². The molecule has 0 radical (unpaired) electrons. The second-order valence-corrected chi connectivity index (χ2v) is 8.43. The summed E-state index contributed by atoms with van der Waals surface area (Å²) in [6.07, 6.45) is 1.08. The lowest BCUT2D eigenvalue weighted by Gasteiger charge is -2.09. The van der Waals surface area contributed by atoms with E-state index >= 15 is 0 Å². The molecule has 2 amide bonds. The molecule has 0 bridgehead atoms. The maximum Gasteiger partial charge on any atom is 0.251 e. The van der Waals surface area contributed by atoms with E-state index in [1.54, 1.807) is 18.2 Å². The van der Waals surface area contributed by atoms with Gasteiger partial charge in [-0.3, -0.25) is 9.59 Å². The van der Waals surface area contributed by atoms with Crippen molar-refractivity contribution < 1.29 is 22.4 Å². The summed E-state index contributed by atoms with van der Waals surface area (Å²) in [6, 6.07) is 9.09. The van der Waals surface area contributed by atoms with Crippen molar-refractivity contribution in [3.63, 3.8) is 0 Å². The quantitative estimate of drug-likeness (QED) is 0.827. The molecule has 0 fully saturated rings. The zero-order valence-corrected chi connectivity index (χ0v) is 14.8. The number of hydrogen-bond acceptors (Lipinski definition) is 4. The van der Waals surface area contributed by atoms with Crippen LogP contribution in [0, 0.1) is 5.82 Å². The van der Waals surface area contributed by atoms with Gasteiger partial charge in [-0.15, -0.1) is 0 Å². The number of rotatable bonds is 5. The van der Waals surface area contributed by atoms with E-state index in [0.29, 0.717) is 23.2 Å². The van der Waals surface area contributed by atoms with Crippen LogP contribution in [0.5, 0.6) is 0 Å². The Morgan fingerprint density at radius 1 is 1.19 bits per heavy atom. The van der Waals surface area contributed by atoms with Gasteiger partial charge in [-0.1, -0.05) is 6.07 Å². The molecule has 26 heavy (non-hydrogen) atoms. The molecule has 2 N–H and O–H groups in total. The zero-order valence-electron chi connectivity index (χ0n) is 14.0. The molecule has 136 valence electrons. The number of carbonyl (C=O) groups excluding carboxylic acids is 2. The lowest BCUT2D eigenvalue weighted by Crippen LogP contribution is -2.28. The molecule has 2 aromatic rings. The second-order valence-electron chi connectivity index (χ2n) is 6.17. The lowest BCUT2D eigenvalue weighted by molar-refractivity contribution is 0.0951. The van der Waals surface area contributed by atoms with Gasteiger partial charge < -0.3 is 10.6 Å². The van der Waals surface area contributed by atoms with Gasteiger partial charge in [0.15, 0.2) is 0 Å². The normalized spacial score (nSPS) is 13.2. The summed E-state index contributed by atoms with van der Waals surface area (Å²) < 4.78 is 36.2. The molecule has 1 heterocycles. The van der Waals surface area contributed by atoms with Crippen molar-refractivity contribution in [3.8, 4) is 11.1 Å². The monoisotopic (exact) mass is 376 g/mol. The van der Waals surface area contributed by atoms with Crippen molar-refractivity contribution in [1.29, 1.82) is 0 Å². The molecule has 0 saturated carbocycles. The van der Waals surface area contributed by atoms with Crippen LogP contribution in [-0.4, -0.2) is 38.8 Å². The van der Waals surface area contributed by atoms with Gasteiger partial charge >= 0.3 is 0 Å². The van der Waals surface area contributed by atoms with Gasteiger partial charge in [-0.05, 0) is 47.0 Å². The van der Waals surface area contributed by atoms with Crippen LogP contribution in [-0.2, 0) is 16.4 Å². The molecule has 1 aliphatic rings. The Kier molecular flexibility index (Phi) is 4.78. The van der Waals surface area contributed by atoms with Crippen molar-refractivity contribution in [2.75, 3.05) is 18.6 Å². The number of hydrogen-bond donors (Lipinski definition) is 2. The van der Waals surface area contributed by atoms with Gasteiger partial charge in [0.05, 0.1) is 5.75 Å². The summed E-state index contributed by atoms with van der Waals surface area (Å²) in [5.41, 5.74) is 2.69. The van der Waals surface area contributed by atoms with Crippen LogP contribution < -0.4 is 10.6 Å². The smallest absolute Gasteiger partial charge is 0.251 e. The fourth-order valence-electron chi connectivity index (χ4n) is 2.75. The van der Waals surface area contributed by atoms with E-state index in [-0.39, 0.29) is 23.8 Å². The number of fused-ring (bicyclic) bond motifs is 1. The predicted molar refractivity (Wildman–Crippen MR) is 95.1 cm³/mol. The first-order chi connectivity index (χ1) is 12.2. The molecule has 2 aromatic carbocycles. The minimum Gasteiger partial charge on any atom is -0.351 e. The molecule has 1 aliphatic heterocycles. The topological polar surface area (TPSA) is 92.3 Å². The first-order valence-electron chi connectivity index (χ1n) is 7.91. The number of halogens is 1. The molecule has 0 aliphatic carbocycles. The van der Waals surface area contributed by atoms with Crippen LogP contribution in [0.2, 0.25) is 0 Å². The first-order valence-corrected chi connectivity index (χ1v) is 9.97. The summed E-state index contributed by atoms with van der Waals surface area (Å²) in [7, 11) is -3.19. The molecule has 3 rings (SSSR count). The van der Waals surface area contributed by atoms with Gasteiger partial charge in [0.25, 0.3) is 11.8 Å². The predicted octanol–water partition coefficient (Wildman–Crippen LogP) is 1.51. The standard InChI is InChI=1S/C18H17FN2O4S/c1-26(24,25)5-4-20-17(22)13-7-12(8-15(19)9-13)11-2-3-16-14(6-11)10-21-18(16)23/h2-3,6-9H,4-5,10H2,1H3,(H,20,22)(H,21,23). The van der Waals surface area contributed by atoms with E-state index in [9.17, 15) is 22.4 Å². The highest BCUT2D eigenvalue weighted by atomic mass is 32.2. The third-order valence-electron chi connectivity index (χ3n) is 4.04. The van der Waals surface area contributed by atoms with Crippen molar-refractivity contribution in [2.45, 2.75) is 6.54 Å². The molecular weight excluding hydrogens is 359 g/mol. The van der Waals surface area contributed by atoms with E-state index in [1.165, 1.54) is 12.1 Å². The van der Waals surface area contributed by atoms with E-state index in [2.05, 4.69) is 10.6 Å². The zero-order chi connectivity index (χ0) is 18.9. The van der Waals surface area contributed by atoms with Crippen LogP contribution in [0.15, 0.2) is 36.4 Å². The fraction of sp³-hybridized carbons (Fsp3) is 0.222. The van der Waals surface area contributed by atoms with Crippen molar-refractivity contribution in [1.82, 2.24) is 10.6 Å². The Balaban J connectivity index is 1.84. The SMILES string of the molecule is CS(=O)(=O)CCNC(=O)c1cc(F)cc(-c2ccc3c(c2)CNC3=O)c1. The van der Waals surface area contributed by atoms with Gasteiger partial charge in [0, 0.05) is 30.5 Å². The Bertz CT molecular complexity index is 1000. The number of benzene rings is 2. The average Bonchev–Trinajstić information content (AvgIpc) is 2.93. The van der Waals surface area contributed by atoms with Crippen LogP contribution >= 0.6 is 0 Å². The summed E-state index contributed by atoms with van der Waals surface area (Å²) >= 11 is 0. The molecule has 0 atom stereocenters. The third kappa shape index (κ3) is 4.08. The van der Waals surface area contributed by atoms with Crippen LogP contribution in [0.25, 0.3) is 11.1 Å². The lowest BCUT2D eigenvalue weighted by atomic mass is 9.98. The van der Waals surface area contributed by atoms with Crippen LogP contribution in [0.4, 0.5) is 4.39 Å². The maximum absolute atomic E-state index is 14.0. The summed E-state index contributed by atoms with van der Waals surface area (Å²) in [5, 5.41) is 5.18. The van der Waals surface area contributed by atoms with Crippen molar-refractivity contribution in [3.05, 3.63) is 58.9 Å². The molecular formula is C18H17FN2O4S. The van der Waals surface area contributed by atoms with Gasteiger partial charge in [-0.2, -0.15) is 0 Å². The largest absolute Gasteiger partial charge is 0.351 e. The molecule has 6 nitrogen and oxygen atoms in total. The highest BCUT2D eigenvalue weighted by molar-refractivity contribution is 7.90. The number of sulfone groups is 1. The molecule has 0 saturated heterocycles. The van der Waals surface area contributed by atoms with Gasteiger partial charge in [-0.25, -0.2) is 12.8 Å². The minimum atomic E-state index is -3.19. The molecule has 0 spiro atoms. The first kappa shape index (κ1) is 18.1. The number of amides is 2. The van der Waals surface area contributed by atoms with E-state index in [0.717, 1.165) is 17.9 Å². The Morgan fingerprint density at radius 3 is 2.69 bits per heavy atom. The Morgan fingerprint density at radius 2 is 1.96 bits per heavy atom. The second kappa shape index (κ2) is 6.87. The van der Waals surface area contributed by atoms with E-state index in [4.69, 9.17) is 0 Å². The fourth-order valence-corrected chi connectivity index (χ4v) is 3.22. The van der Waals surface area contributed by atoms with Gasteiger partial charge in [0.2, 0.25) is 0 Å².